The Balaban J connectivity index is 1.53. The van der Waals surface area contributed by atoms with Crippen LogP contribution in [0.15, 0.2) is 36.4 Å². The van der Waals surface area contributed by atoms with Crippen LogP contribution >= 0.6 is 0 Å². The van der Waals surface area contributed by atoms with Crippen LogP contribution in [0.5, 0.6) is 11.5 Å². The van der Waals surface area contributed by atoms with Crippen molar-refractivity contribution in [3.8, 4) is 11.5 Å². The number of hydrogen-bond donors (Lipinski definition) is 1. The van der Waals surface area contributed by atoms with E-state index in [-0.39, 0.29) is 5.91 Å². The van der Waals surface area contributed by atoms with Gasteiger partial charge in [0, 0.05) is 17.8 Å². The van der Waals surface area contributed by atoms with Crippen LogP contribution in [0.1, 0.15) is 42.9 Å². The second-order valence-electron chi connectivity index (χ2n) is 8.46. The first kappa shape index (κ1) is 22.1. The lowest BCUT2D eigenvalue weighted by atomic mass is 9.99. The summed E-state index contributed by atoms with van der Waals surface area (Å²) in [6, 6.07) is 11.0. The molecule has 2 heterocycles. The van der Waals surface area contributed by atoms with Gasteiger partial charge in [-0.1, -0.05) is 6.92 Å². The molecule has 0 radical (unpaired) electrons. The van der Waals surface area contributed by atoms with Crippen molar-refractivity contribution < 1.29 is 14.3 Å². The lowest BCUT2D eigenvalue weighted by Gasteiger charge is -2.29. The predicted octanol–water partition coefficient (Wildman–Crippen LogP) is 4.56. The number of nitrogens with zero attached hydrogens (tertiary/aromatic N) is 3. The number of methoxy groups -OCH3 is 2. The summed E-state index contributed by atoms with van der Waals surface area (Å²) in [7, 11) is 3.13. The Bertz CT molecular complexity index is 1100. The molecule has 1 fully saturated rings. The second-order valence-corrected chi connectivity index (χ2v) is 8.46. The number of rotatable bonds is 7. The van der Waals surface area contributed by atoms with Crippen LogP contribution in [0.25, 0.3) is 11.0 Å². The van der Waals surface area contributed by atoms with Crippen LogP contribution in [0.3, 0.4) is 0 Å². The Morgan fingerprint density at radius 2 is 1.84 bits per heavy atom. The third kappa shape index (κ3) is 4.58. The van der Waals surface area contributed by atoms with Gasteiger partial charge in [-0.3, -0.25) is 9.69 Å². The average molecular weight is 437 g/mol. The highest BCUT2D eigenvalue weighted by molar-refractivity contribution is 6.05. The van der Waals surface area contributed by atoms with Crippen LogP contribution in [0, 0.1) is 5.92 Å². The molecule has 2 aromatic carbocycles. The fourth-order valence-electron chi connectivity index (χ4n) is 4.33. The zero-order valence-electron chi connectivity index (χ0n) is 19.4. The molecule has 1 aliphatic heterocycles. The quantitative estimate of drug-likeness (QED) is 0.588. The highest BCUT2D eigenvalue weighted by Gasteiger charge is 2.19. The zero-order valence-corrected chi connectivity index (χ0v) is 19.4. The highest BCUT2D eigenvalue weighted by atomic mass is 16.5. The highest BCUT2D eigenvalue weighted by Crippen LogP contribution is 2.28. The predicted molar refractivity (Wildman–Crippen MR) is 127 cm³/mol. The Morgan fingerprint density at radius 3 is 2.53 bits per heavy atom. The van der Waals surface area contributed by atoms with Crippen molar-refractivity contribution in [2.45, 2.75) is 39.8 Å². The molecule has 7 heteroatoms. The third-order valence-corrected chi connectivity index (χ3v) is 6.29. The number of nitrogens with one attached hydrogen (secondary N) is 1. The van der Waals surface area contributed by atoms with Crippen molar-refractivity contribution in [2.24, 2.45) is 5.92 Å². The fraction of sp³-hybridized carbons (Fsp3) is 0.440. The summed E-state index contributed by atoms with van der Waals surface area (Å²) in [5, 5.41) is 2.98. The van der Waals surface area contributed by atoms with Gasteiger partial charge in [0.05, 0.1) is 31.8 Å². The monoisotopic (exact) mass is 436 g/mol. The molecule has 7 nitrogen and oxygen atoms in total. The van der Waals surface area contributed by atoms with E-state index in [9.17, 15) is 4.79 Å². The average Bonchev–Trinajstić information content (AvgIpc) is 3.16. The van der Waals surface area contributed by atoms with E-state index >= 15 is 0 Å². The van der Waals surface area contributed by atoms with E-state index in [0.717, 1.165) is 54.6 Å². The first-order chi connectivity index (χ1) is 15.5. The number of likely N-dealkylation sites (tertiary alicyclic amines) is 1. The summed E-state index contributed by atoms with van der Waals surface area (Å²) in [6.07, 6.45) is 2.50. The number of carbonyl (C=O) groups excluding carboxylic acids is 1. The van der Waals surface area contributed by atoms with Gasteiger partial charge in [-0.25, -0.2) is 4.98 Å². The van der Waals surface area contributed by atoms with Crippen molar-refractivity contribution in [3.05, 3.63) is 47.8 Å². The molecule has 1 aromatic heterocycles. The first-order valence-electron chi connectivity index (χ1n) is 11.3. The van der Waals surface area contributed by atoms with Gasteiger partial charge >= 0.3 is 0 Å². The molecule has 0 saturated carbocycles. The van der Waals surface area contributed by atoms with E-state index in [0.29, 0.717) is 17.1 Å². The Morgan fingerprint density at radius 1 is 1.09 bits per heavy atom. The molecular weight excluding hydrogens is 404 g/mol. The number of piperidine rings is 1. The van der Waals surface area contributed by atoms with Crippen molar-refractivity contribution in [3.63, 3.8) is 0 Å². The number of imidazole rings is 1. The minimum Gasteiger partial charge on any atom is -0.493 e. The smallest absolute Gasteiger partial charge is 0.255 e. The van der Waals surface area contributed by atoms with Crippen molar-refractivity contribution in [1.82, 2.24) is 14.5 Å². The second kappa shape index (κ2) is 9.61. The van der Waals surface area contributed by atoms with E-state index in [1.165, 1.54) is 12.8 Å². The number of aryl methyl sites for hydroxylation is 1. The van der Waals surface area contributed by atoms with E-state index < -0.39 is 0 Å². The molecule has 0 aliphatic carbocycles. The number of hydrogen-bond acceptors (Lipinski definition) is 5. The summed E-state index contributed by atoms with van der Waals surface area (Å²) in [4.78, 5) is 20.2. The largest absolute Gasteiger partial charge is 0.493 e. The minimum absolute atomic E-state index is 0.206. The van der Waals surface area contributed by atoms with Crippen LogP contribution in [-0.4, -0.2) is 47.7 Å². The van der Waals surface area contributed by atoms with Gasteiger partial charge in [0.1, 0.15) is 5.82 Å². The normalized spacial score (nSPS) is 15.1. The summed E-state index contributed by atoms with van der Waals surface area (Å²) < 4.78 is 12.8. The number of ether oxygens (including phenoxy) is 2. The van der Waals surface area contributed by atoms with Crippen molar-refractivity contribution >= 4 is 22.6 Å². The van der Waals surface area contributed by atoms with E-state index in [1.54, 1.807) is 32.4 Å². The molecule has 170 valence electrons. The molecule has 3 aromatic rings. The molecule has 4 rings (SSSR count). The molecule has 32 heavy (non-hydrogen) atoms. The van der Waals surface area contributed by atoms with Gasteiger partial charge in [0.2, 0.25) is 0 Å². The van der Waals surface area contributed by atoms with Gasteiger partial charge in [-0.05, 0) is 75.2 Å². The summed E-state index contributed by atoms with van der Waals surface area (Å²) in [5.74, 6) is 2.80. The molecule has 1 amide bonds. The van der Waals surface area contributed by atoms with Crippen LogP contribution in [0.4, 0.5) is 5.69 Å². The number of benzene rings is 2. The topological polar surface area (TPSA) is 68.6 Å². The fourth-order valence-corrected chi connectivity index (χ4v) is 4.33. The van der Waals surface area contributed by atoms with Crippen LogP contribution in [-0.2, 0) is 13.1 Å². The van der Waals surface area contributed by atoms with Gasteiger partial charge in [0.15, 0.2) is 11.5 Å². The SMILES string of the molecule is CCn1c(CN2CCC(C)CC2)nc2cc(NC(=O)c3ccc(OC)c(OC)c3)ccc21. The molecular formula is C25H32N4O3. The van der Waals surface area contributed by atoms with Gasteiger partial charge in [-0.2, -0.15) is 0 Å². The maximum absolute atomic E-state index is 12.8. The molecule has 0 unspecified atom stereocenters. The number of amides is 1. The standard InChI is InChI=1S/C25H32N4O3/c1-5-29-21-8-7-19(26-25(30)18-6-9-22(31-3)23(14-18)32-4)15-20(21)27-24(29)16-28-12-10-17(2)11-13-28/h6-9,14-15,17H,5,10-13,16H2,1-4H3,(H,26,30). The molecule has 1 aliphatic rings. The third-order valence-electron chi connectivity index (χ3n) is 6.29. The number of fused-ring (bicyclic) bond motifs is 1. The number of carbonyl (C=O) groups is 1. The Labute approximate surface area is 189 Å². The molecule has 0 spiro atoms. The van der Waals surface area contributed by atoms with Crippen molar-refractivity contribution in [1.29, 1.82) is 0 Å². The summed E-state index contributed by atoms with van der Waals surface area (Å²) in [5.41, 5.74) is 3.22. The Kier molecular flexibility index (Phi) is 6.65. The Hall–Kier alpha value is -3.06. The molecule has 1 saturated heterocycles. The lowest BCUT2D eigenvalue weighted by Crippen LogP contribution is -2.33. The lowest BCUT2D eigenvalue weighted by molar-refractivity contribution is 0.102. The van der Waals surface area contributed by atoms with E-state index in [2.05, 4.69) is 28.6 Å². The number of aromatic nitrogens is 2. The van der Waals surface area contributed by atoms with E-state index in [4.69, 9.17) is 14.5 Å². The maximum Gasteiger partial charge on any atom is 0.255 e. The van der Waals surface area contributed by atoms with Gasteiger partial charge in [0.25, 0.3) is 5.91 Å². The number of anilines is 1. The molecule has 0 atom stereocenters. The first-order valence-corrected chi connectivity index (χ1v) is 11.3. The van der Waals surface area contributed by atoms with Crippen molar-refractivity contribution in [2.75, 3.05) is 32.6 Å². The van der Waals surface area contributed by atoms with Crippen LogP contribution < -0.4 is 14.8 Å². The van der Waals surface area contributed by atoms with Gasteiger partial charge < -0.3 is 19.4 Å². The summed E-state index contributed by atoms with van der Waals surface area (Å²) in [6.45, 7) is 8.46. The summed E-state index contributed by atoms with van der Waals surface area (Å²) >= 11 is 0. The minimum atomic E-state index is -0.206. The van der Waals surface area contributed by atoms with Gasteiger partial charge in [-0.15, -0.1) is 0 Å². The maximum atomic E-state index is 12.8. The van der Waals surface area contributed by atoms with Crippen LogP contribution in [0.2, 0.25) is 0 Å². The zero-order chi connectivity index (χ0) is 22.7. The van der Waals surface area contributed by atoms with E-state index in [1.807, 2.05) is 18.2 Å². The molecule has 1 N–H and O–H groups in total. The molecule has 0 bridgehead atoms.